The van der Waals surface area contributed by atoms with Crippen molar-refractivity contribution in [1.29, 1.82) is 0 Å². The van der Waals surface area contributed by atoms with Crippen molar-refractivity contribution in [2.75, 3.05) is 5.32 Å². The summed E-state index contributed by atoms with van der Waals surface area (Å²) in [7, 11) is 0. The third kappa shape index (κ3) is 2.69. The summed E-state index contributed by atoms with van der Waals surface area (Å²) in [5.41, 5.74) is 5.60. The van der Waals surface area contributed by atoms with Crippen LogP contribution in [0, 0.1) is 5.82 Å². The van der Waals surface area contributed by atoms with Crippen molar-refractivity contribution < 1.29 is 14.4 Å². The van der Waals surface area contributed by atoms with Gasteiger partial charge in [-0.25, -0.2) is 4.39 Å². The number of anilines is 1. The Morgan fingerprint density at radius 2 is 2.31 bits per heavy atom. The van der Waals surface area contributed by atoms with Crippen LogP contribution in [-0.2, 0) is 4.79 Å². The van der Waals surface area contributed by atoms with Gasteiger partial charge in [0.1, 0.15) is 5.82 Å². The van der Waals surface area contributed by atoms with Gasteiger partial charge in [-0.2, -0.15) is 0 Å². The highest BCUT2D eigenvalue weighted by molar-refractivity contribution is 5.98. The van der Waals surface area contributed by atoms with Crippen LogP contribution in [0.15, 0.2) is 23.4 Å². The van der Waals surface area contributed by atoms with E-state index in [0.717, 1.165) is 6.07 Å². The van der Waals surface area contributed by atoms with Crippen LogP contribution in [0.25, 0.3) is 0 Å². The summed E-state index contributed by atoms with van der Waals surface area (Å²) in [4.78, 5) is 11.0. The maximum atomic E-state index is 13.4. The summed E-state index contributed by atoms with van der Waals surface area (Å²) in [6.07, 6.45) is 0.265. The largest absolute Gasteiger partial charge is 0.409 e. The average molecular weight is 225 g/mol. The fraction of sp³-hybridized carbons (Fsp3) is 0.200. The summed E-state index contributed by atoms with van der Waals surface area (Å²) in [5, 5.41) is 13.5. The Hall–Kier alpha value is -2.11. The Bertz CT molecular complexity index is 432. The second kappa shape index (κ2) is 5.11. The van der Waals surface area contributed by atoms with Gasteiger partial charge in [-0.15, -0.1) is 0 Å². The van der Waals surface area contributed by atoms with E-state index in [1.165, 1.54) is 12.1 Å². The molecular formula is C10H12FN3O2. The molecule has 0 aromatic heterocycles. The number of carbonyl (C=O) groups is 1. The Morgan fingerprint density at radius 3 is 2.81 bits per heavy atom. The van der Waals surface area contributed by atoms with Gasteiger partial charge in [0.15, 0.2) is 5.84 Å². The van der Waals surface area contributed by atoms with E-state index < -0.39 is 5.82 Å². The Kier molecular flexibility index (Phi) is 3.82. The lowest BCUT2D eigenvalue weighted by Crippen LogP contribution is -2.15. The van der Waals surface area contributed by atoms with Crippen molar-refractivity contribution in [3.63, 3.8) is 0 Å². The predicted octanol–water partition coefficient (Wildman–Crippen LogP) is 1.27. The minimum absolute atomic E-state index is 0.0707. The summed E-state index contributed by atoms with van der Waals surface area (Å²) >= 11 is 0. The smallest absolute Gasteiger partial charge is 0.224 e. The van der Waals surface area contributed by atoms with Crippen molar-refractivity contribution in [3.8, 4) is 0 Å². The number of nitrogens with zero attached hydrogens (tertiary/aromatic N) is 1. The van der Waals surface area contributed by atoms with Crippen LogP contribution < -0.4 is 11.1 Å². The number of hydrogen-bond donors (Lipinski definition) is 3. The van der Waals surface area contributed by atoms with Gasteiger partial charge >= 0.3 is 0 Å². The monoisotopic (exact) mass is 225 g/mol. The number of hydrogen-bond acceptors (Lipinski definition) is 3. The zero-order valence-electron chi connectivity index (χ0n) is 8.70. The molecule has 0 saturated heterocycles. The summed E-state index contributed by atoms with van der Waals surface area (Å²) < 4.78 is 13.4. The number of oxime groups is 1. The number of amidine groups is 1. The molecule has 1 aromatic carbocycles. The molecule has 4 N–H and O–H groups in total. The quantitative estimate of drug-likeness (QED) is 0.313. The fourth-order valence-electron chi connectivity index (χ4n) is 1.07. The summed E-state index contributed by atoms with van der Waals surface area (Å²) in [6, 6.07) is 3.89. The van der Waals surface area contributed by atoms with Crippen LogP contribution in [0.4, 0.5) is 10.1 Å². The number of nitrogens with one attached hydrogen (secondary N) is 1. The molecule has 16 heavy (non-hydrogen) atoms. The molecule has 0 heterocycles. The van der Waals surface area contributed by atoms with Gasteiger partial charge in [0, 0.05) is 12.0 Å². The molecule has 1 rings (SSSR count). The second-order valence-corrected chi connectivity index (χ2v) is 3.08. The third-order valence-corrected chi connectivity index (χ3v) is 1.97. The molecule has 6 heteroatoms. The highest BCUT2D eigenvalue weighted by Crippen LogP contribution is 2.15. The fourth-order valence-corrected chi connectivity index (χ4v) is 1.07. The van der Waals surface area contributed by atoms with Gasteiger partial charge in [0.05, 0.1) is 5.69 Å². The highest BCUT2D eigenvalue weighted by Gasteiger charge is 2.08. The zero-order valence-corrected chi connectivity index (χ0v) is 8.70. The zero-order chi connectivity index (χ0) is 12.1. The maximum absolute atomic E-state index is 13.4. The van der Waals surface area contributed by atoms with Crippen molar-refractivity contribution in [2.45, 2.75) is 13.3 Å². The van der Waals surface area contributed by atoms with Crippen LogP contribution in [0.5, 0.6) is 0 Å². The third-order valence-electron chi connectivity index (χ3n) is 1.97. The minimum atomic E-state index is -0.633. The van der Waals surface area contributed by atoms with Gasteiger partial charge in [-0.05, 0) is 18.2 Å². The Balaban J connectivity index is 2.96. The maximum Gasteiger partial charge on any atom is 0.224 e. The van der Waals surface area contributed by atoms with Gasteiger partial charge in [-0.3, -0.25) is 4.79 Å². The first-order valence-electron chi connectivity index (χ1n) is 4.65. The predicted molar refractivity (Wildman–Crippen MR) is 57.8 cm³/mol. The molecule has 0 radical (unpaired) electrons. The van der Waals surface area contributed by atoms with Crippen LogP contribution >= 0.6 is 0 Å². The van der Waals surface area contributed by atoms with E-state index >= 15 is 0 Å². The van der Waals surface area contributed by atoms with E-state index in [4.69, 9.17) is 10.9 Å². The highest BCUT2D eigenvalue weighted by atomic mass is 19.1. The molecule has 0 bridgehead atoms. The molecule has 0 aliphatic rings. The molecular weight excluding hydrogens is 213 g/mol. The van der Waals surface area contributed by atoms with E-state index in [1.807, 2.05) is 0 Å². The van der Waals surface area contributed by atoms with Gasteiger partial charge in [-0.1, -0.05) is 12.1 Å². The molecule has 0 fully saturated rings. The lowest BCUT2D eigenvalue weighted by atomic mass is 10.2. The number of benzene rings is 1. The topological polar surface area (TPSA) is 87.7 Å². The SMILES string of the molecule is CCC(=O)Nc1ccc(/C(N)=N/O)cc1F. The van der Waals surface area contributed by atoms with Crippen LogP contribution in [0.2, 0.25) is 0 Å². The number of rotatable bonds is 3. The molecule has 0 saturated carbocycles. The molecule has 1 amide bonds. The van der Waals surface area contributed by atoms with E-state index in [-0.39, 0.29) is 29.4 Å². The molecule has 0 unspecified atom stereocenters. The van der Waals surface area contributed by atoms with Crippen LogP contribution in [-0.4, -0.2) is 17.0 Å². The van der Waals surface area contributed by atoms with Gasteiger partial charge < -0.3 is 16.3 Å². The lowest BCUT2D eigenvalue weighted by molar-refractivity contribution is -0.115. The Morgan fingerprint density at radius 1 is 1.62 bits per heavy atom. The van der Waals surface area contributed by atoms with Crippen molar-refractivity contribution in [2.24, 2.45) is 10.9 Å². The van der Waals surface area contributed by atoms with Crippen molar-refractivity contribution in [3.05, 3.63) is 29.6 Å². The molecule has 0 atom stereocenters. The first-order chi connectivity index (χ1) is 7.58. The van der Waals surface area contributed by atoms with Crippen molar-refractivity contribution in [1.82, 2.24) is 0 Å². The molecule has 86 valence electrons. The minimum Gasteiger partial charge on any atom is -0.409 e. The Labute approximate surface area is 91.8 Å². The lowest BCUT2D eigenvalue weighted by Gasteiger charge is -2.06. The number of nitrogens with two attached hydrogens (primary N) is 1. The number of carbonyl (C=O) groups excluding carboxylic acids is 1. The molecule has 5 nitrogen and oxygen atoms in total. The van der Waals surface area contributed by atoms with Crippen LogP contribution in [0.3, 0.4) is 0 Å². The average Bonchev–Trinajstić information content (AvgIpc) is 2.30. The summed E-state index contributed by atoms with van der Waals surface area (Å²) in [5.74, 6) is -1.10. The van der Waals surface area contributed by atoms with E-state index in [0.29, 0.717) is 0 Å². The van der Waals surface area contributed by atoms with E-state index in [9.17, 15) is 9.18 Å². The van der Waals surface area contributed by atoms with Crippen LogP contribution in [0.1, 0.15) is 18.9 Å². The molecule has 0 aliphatic heterocycles. The first kappa shape index (κ1) is 12.0. The van der Waals surface area contributed by atoms with E-state index in [1.54, 1.807) is 6.92 Å². The first-order valence-corrected chi connectivity index (χ1v) is 4.65. The molecule has 0 spiro atoms. The van der Waals surface area contributed by atoms with Gasteiger partial charge in [0.25, 0.3) is 0 Å². The number of amides is 1. The van der Waals surface area contributed by atoms with Crippen molar-refractivity contribution >= 4 is 17.4 Å². The molecule has 0 aliphatic carbocycles. The molecule has 1 aromatic rings. The number of halogens is 1. The second-order valence-electron chi connectivity index (χ2n) is 3.08. The standard InChI is InChI=1S/C10H12FN3O2/c1-2-9(15)13-8-4-3-6(5-7(8)11)10(12)14-16/h3-5,16H,2H2,1H3,(H2,12,14)(H,13,15). The van der Waals surface area contributed by atoms with Gasteiger partial charge in [0.2, 0.25) is 5.91 Å². The normalized spacial score (nSPS) is 11.2. The van der Waals surface area contributed by atoms with E-state index in [2.05, 4.69) is 10.5 Å². The summed E-state index contributed by atoms with van der Waals surface area (Å²) in [6.45, 7) is 1.66.